The minimum Gasteiger partial charge on any atom is -0.326 e. The summed E-state index contributed by atoms with van der Waals surface area (Å²) >= 11 is 0. The van der Waals surface area contributed by atoms with Crippen molar-refractivity contribution in [2.45, 2.75) is 19.0 Å². The van der Waals surface area contributed by atoms with Crippen molar-refractivity contribution in [1.82, 2.24) is 10.9 Å². The molecule has 6 nitrogen and oxygen atoms in total. The van der Waals surface area contributed by atoms with Crippen LogP contribution in [0.2, 0.25) is 0 Å². The van der Waals surface area contributed by atoms with Gasteiger partial charge in [-0.3, -0.25) is 25.2 Å². The Labute approximate surface area is 117 Å². The standard InChI is InChI=1S/C12H12F3N3O3/c13-12(14,15)11(21)18-17-10(20)7-6-9(19)16-8-4-2-1-3-5-8/h1-5H,6-7H2,(H,16,19)(H,17,20)(H,18,21). The number of hydrazine groups is 1. The monoisotopic (exact) mass is 303 g/mol. The number of para-hydroxylation sites is 1. The molecule has 0 spiro atoms. The molecule has 0 heterocycles. The zero-order valence-corrected chi connectivity index (χ0v) is 10.7. The van der Waals surface area contributed by atoms with Crippen LogP contribution >= 0.6 is 0 Å². The Hall–Kier alpha value is -2.58. The van der Waals surface area contributed by atoms with E-state index in [1.165, 1.54) is 5.43 Å². The highest BCUT2D eigenvalue weighted by molar-refractivity contribution is 5.93. The van der Waals surface area contributed by atoms with Gasteiger partial charge >= 0.3 is 12.1 Å². The molecule has 0 aliphatic heterocycles. The normalized spacial score (nSPS) is 10.6. The first-order valence-electron chi connectivity index (χ1n) is 5.80. The Bertz CT molecular complexity index is 517. The van der Waals surface area contributed by atoms with Gasteiger partial charge in [0.25, 0.3) is 0 Å². The van der Waals surface area contributed by atoms with Crippen molar-refractivity contribution < 1.29 is 27.6 Å². The van der Waals surface area contributed by atoms with Crippen molar-refractivity contribution in [3.63, 3.8) is 0 Å². The van der Waals surface area contributed by atoms with E-state index < -0.39 is 23.9 Å². The number of halogens is 3. The van der Waals surface area contributed by atoms with Gasteiger partial charge < -0.3 is 5.32 Å². The van der Waals surface area contributed by atoms with Crippen LogP contribution in [0.25, 0.3) is 0 Å². The van der Waals surface area contributed by atoms with E-state index in [9.17, 15) is 27.6 Å². The summed E-state index contributed by atoms with van der Waals surface area (Å²) < 4.78 is 35.5. The second kappa shape index (κ2) is 7.27. The molecule has 1 aromatic carbocycles. The van der Waals surface area contributed by atoms with Crippen LogP contribution in [-0.4, -0.2) is 23.9 Å². The molecule has 3 N–H and O–H groups in total. The van der Waals surface area contributed by atoms with Crippen molar-refractivity contribution in [3.05, 3.63) is 30.3 Å². The Morgan fingerprint density at radius 2 is 1.48 bits per heavy atom. The van der Waals surface area contributed by atoms with Crippen LogP contribution in [0, 0.1) is 0 Å². The molecule has 0 aliphatic carbocycles. The lowest BCUT2D eigenvalue weighted by molar-refractivity contribution is -0.175. The third-order valence-corrected chi connectivity index (χ3v) is 2.21. The van der Waals surface area contributed by atoms with Crippen molar-refractivity contribution in [2.24, 2.45) is 0 Å². The van der Waals surface area contributed by atoms with E-state index in [1.807, 2.05) is 0 Å². The second-order valence-electron chi connectivity index (χ2n) is 3.91. The summed E-state index contributed by atoms with van der Waals surface area (Å²) in [6, 6.07) is 8.44. The van der Waals surface area contributed by atoms with E-state index in [1.54, 1.807) is 35.8 Å². The minimum atomic E-state index is -5.09. The van der Waals surface area contributed by atoms with Crippen LogP contribution in [0.1, 0.15) is 12.8 Å². The number of hydrogen-bond acceptors (Lipinski definition) is 3. The molecule has 3 amide bonds. The highest BCUT2D eigenvalue weighted by Crippen LogP contribution is 2.13. The van der Waals surface area contributed by atoms with E-state index >= 15 is 0 Å². The summed E-state index contributed by atoms with van der Waals surface area (Å²) in [6.07, 6.45) is -5.68. The predicted octanol–water partition coefficient (Wildman–Crippen LogP) is 1.11. The number of hydrogen-bond donors (Lipinski definition) is 3. The number of carbonyl (C=O) groups is 3. The molecule has 1 aromatic rings. The number of rotatable bonds is 4. The average Bonchev–Trinajstić information content (AvgIpc) is 2.42. The van der Waals surface area contributed by atoms with Gasteiger partial charge in [-0.1, -0.05) is 18.2 Å². The summed E-state index contributed by atoms with van der Waals surface area (Å²) in [5.74, 6) is -3.67. The molecule has 1 rings (SSSR count). The zero-order valence-electron chi connectivity index (χ0n) is 10.7. The van der Waals surface area contributed by atoms with E-state index in [0.29, 0.717) is 5.69 Å². The smallest absolute Gasteiger partial charge is 0.326 e. The van der Waals surface area contributed by atoms with Gasteiger partial charge in [0, 0.05) is 18.5 Å². The van der Waals surface area contributed by atoms with E-state index in [2.05, 4.69) is 5.32 Å². The molecule has 0 radical (unpaired) electrons. The van der Waals surface area contributed by atoms with Crippen LogP contribution < -0.4 is 16.2 Å². The lowest BCUT2D eigenvalue weighted by Gasteiger charge is -2.09. The maximum absolute atomic E-state index is 11.8. The molecule has 0 aromatic heterocycles. The van der Waals surface area contributed by atoms with Crippen molar-refractivity contribution in [3.8, 4) is 0 Å². The number of benzene rings is 1. The van der Waals surface area contributed by atoms with Crippen LogP contribution in [0.3, 0.4) is 0 Å². The number of amides is 3. The van der Waals surface area contributed by atoms with Crippen LogP contribution in [0.15, 0.2) is 30.3 Å². The first-order valence-corrected chi connectivity index (χ1v) is 5.80. The summed E-state index contributed by atoms with van der Waals surface area (Å²) in [5.41, 5.74) is 3.31. The lowest BCUT2D eigenvalue weighted by Crippen LogP contribution is -2.47. The lowest BCUT2D eigenvalue weighted by atomic mass is 10.2. The quantitative estimate of drug-likeness (QED) is 0.728. The molecule has 0 atom stereocenters. The van der Waals surface area contributed by atoms with Crippen LogP contribution in [0.4, 0.5) is 18.9 Å². The Morgan fingerprint density at radius 3 is 2.05 bits per heavy atom. The molecule has 21 heavy (non-hydrogen) atoms. The Morgan fingerprint density at radius 1 is 0.905 bits per heavy atom. The third kappa shape index (κ3) is 6.41. The fourth-order valence-electron chi connectivity index (χ4n) is 1.23. The topological polar surface area (TPSA) is 87.3 Å². The van der Waals surface area contributed by atoms with E-state index in [0.717, 1.165) is 0 Å². The van der Waals surface area contributed by atoms with E-state index in [4.69, 9.17) is 0 Å². The van der Waals surface area contributed by atoms with Crippen LogP contribution in [-0.2, 0) is 14.4 Å². The zero-order chi connectivity index (χ0) is 15.9. The molecule has 9 heteroatoms. The summed E-state index contributed by atoms with van der Waals surface area (Å²) in [6.45, 7) is 0. The summed E-state index contributed by atoms with van der Waals surface area (Å²) in [7, 11) is 0. The number of nitrogens with one attached hydrogen (secondary N) is 3. The molecule has 0 unspecified atom stereocenters. The first-order chi connectivity index (χ1) is 9.79. The number of carbonyl (C=O) groups excluding carboxylic acids is 3. The van der Waals surface area contributed by atoms with E-state index in [-0.39, 0.29) is 12.8 Å². The fraction of sp³-hybridized carbons (Fsp3) is 0.250. The molecule has 0 saturated heterocycles. The maximum atomic E-state index is 11.8. The second-order valence-corrected chi connectivity index (χ2v) is 3.91. The Balaban J connectivity index is 2.27. The highest BCUT2D eigenvalue weighted by atomic mass is 19.4. The van der Waals surface area contributed by atoms with Gasteiger partial charge in [-0.05, 0) is 12.1 Å². The molecular formula is C12H12F3N3O3. The third-order valence-electron chi connectivity index (χ3n) is 2.21. The minimum absolute atomic E-state index is 0.234. The first kappa shape index (κ1) is 16.5. The highest BCUT2D eigenvalue weighted by Gasteiger charge is 2.38. The van der Waals surface area contributed by atoms with Crippen molar-refractivity contribution in [1.29, 1.82) is 0 Å². The molecular weight excluding hydrogens is 291 g/mol. The number of alkyl halides is 3. The average molecular weight is 303 g/mol. The van der Waals surface area contributed by atoms with Crippen LogP contribution in [0.5, 0.6) is 0 Å². The van der Waals surface area contributed by atoms with Crippen molar-refractivity contribution in [2.75, 3.05) is 5.32 Å². The molecule has 0 aliphatic rings. The molecule has 114 valence electrons. The fourth-order valence-corrected chi connectivity index (χ4v) is 1.23. The Kier molecular flexibility index (Phi) is 5.70. The summed E-state index contributed by atoms with van der Waals surface area (Å²) in [5, 5.41) is 2.50. The van der Waals surface area contributed by atoms with Gasteiger partial charge in [-0.15, -0.1) is 0 Å². The van der Waals surface area contributed by atoms with Gasteiger partial charge in [0.1, 0.15) is 0 Å². The van der Waals surface area contributed by atoms with Gasteiger partial charge in [-0.25, -0.2) is 0 Å². The molecule has 0 saturated carbocycles. The predicted molar refractivity (Wildman–Crippen MR) is 66.6 cm³/mol. The number of anilines is 1. The largest absolute Gasteiger partial charge is 0.472 e. The summed E-state index contributed by atoms with van der Waals surface area (Å²) in [4.78, 5) is 33.0. The van der Waals surface area contributed by atoms with Crippen molar-refractivity contribution >= 4 is 23.4 Å². The van der Waals surface area contributed by atoms with Gasteiger partial charge in [0.15, 0.2) is 0 Å². The maximum Gasteiger partial charge on any atom is 0.472 e. The molecule has 0 fully saturated rings. The van der Waals surface area contributed by atoms with Gasteiger partial charge in [0.2, 0.25) is 11.8 Å². The van der Waals surface area contributed by atoms with Gasteiger partial charge in [-0.2, -0.15) is 13.2 Å². The molecule has 0 bridgehead atoms. The van der Waals surface area contributed by atoms with Gasteiger partial charge in [0.05, 0.1) is 0 Å². The SMILES string of the molecule is O=C(CCC(=O)Nc1ccccc1)NNC(=O)C(F)(F)F.